The van der Waals surface area contributed by atoms with Gasteiger partial charge < -0.3 is 4.42 Å². The van der Waals surface area contributed by atoms with Crippen molar-refractivity contribution in [2.45, 2.75) is 6.92 Å². The summed E-state index contributed by atoms with van der Waals surface area (Å²) in [6, 6.07) is 13.4. The van der Waals surface area contributed by atoms with Crippen molar-refractivity contribution in [1.82, 2.24) is 0 Å². The molecule has 1 heterocycles. The Bertz CT molecular complexity index is 738. The number of hydrogen-bond donors (Lipinski definition) is 0. The van der Waals surface area contributed by atoms with E-state index in [0.717, 1.165) is 16.3 Å². The fourth-order valence-corrected chi connectivity index (χ4v) is 1.99. The average molecular weight is 210 g/mol. The van der Waals surface area contributed by atoms with E-state index < -0.39 is 0 Å². The van der Waals surface area contributed by atoms with Gasteiger partial charge in [-0.15, -0.1) is 0 Å². The van der Waals surface area contributed by atoms with Crippen molar-refractivity contribution in [1.29, 1.82) is 0 Å². The Hall–Kier alpha value is -2.09. The van der Waals surface area contributed by atoms with Gasteiger partial charge in [-0.1, -0.05) is 30.3 Å². The van der Waals surface area contributed by atoms with E-state index >= 15 is 0 Å². The van der Waals surface area contributed by atoms with Gasteiger partial charge in [0.25, 0.3) is 0 Å². The smallest absolute Gasteiger partial charge is 0.344 e. The zero-order valence-electron chi connectivity index (χ0n) is 8.86. The summed E-state index contributed by atoms with van der Waals surface area (Å²) in [6.45, 7) is 1.98. The van der Waals surface area contributed by atoms with Gasteiger partial charge in [-0.2, -0.15) is 0 Å². The molecule has 0 amide bonds. The fraction of sp³-hybridized carbons (Fsp3) is 0.0714. The summed E-state index contributed by atoms with van der Waals surface area (Å²) < 4.78 is 5.30. The standard InChI is InChI=1S/C14H10O2/c1-9-6-7-11-10-4-2-3-5-12(10)14(15)16-13(11)8-9/h2-8H,1H3. The third-order valence-corrected chi connectivity index (χ3v) is 2.78. The van der Waals surface area contributed by atoms with Gasteiger partial charge in [-0.3, -0.25) is 0 Å². The summed E-state index contributed by atoms with van der Waals surface area (Å²) in [5.41, 5.74) is 1.48. The van der Waals surface area contributed by atoms with Crippen LogP contribution < -0.4 is 5.63 Å². The molecule has 0 unspecified atom stereocenters. The minimum absolute atomic E-state index is 0.270. The average Bonchev–Trinajstić information content (AvgIpc) is 2.29. The maximum Gasteiger partial charge on any atom is 0.344 e. The van der Waals surface area contributed by atoms with E-state index in [2.05, 4.69) is 0 Å². The molecule has 0 bridgehead atoms. The summed E-state index contributed by atoms with van der Waals surface area (Å²) >= 11 is 0. The zero-order chi connectivity index (χ0) is 11.1. The number of fused-ring (bicyclic) bond motifs is 3. The van der Waals surface area contributed by atoms with Crippen LogP contribution in [0.15, 0.2) is 51.7 Å². The molecule has 78 valence electrons. The molecule has 0 N–H and O–H groups in total. The number of hydrogen-bond acceptors (Lipinski definition) is 2. The maximum atomic E-state index is 11.7. The van der Waals surface area contributed by atoms with Gasteiger partial charge in [0.2, 0.25) is 0 Å². The molecule has 0 spiro atoms. The molecule has 2 aromatic carbocycles. The second-order valence-corrected chi connectivity index (χ2v) is 3.93. The summed E-state index contributed by atoms with van der Waals surface area (Å²) in [5, 5.41) is 2.58. The van der Waals surface area contributed by atoms with Crippen LogP contribution in [0.3, 0.4) is 0 Å². The first kappa shape index (κ1) is 9.16. The topological polar surface area (TPSA) is 30.2 Å². The maximum absolute atomic E-state index is 11.7. The van der Waals surface area contributed by atoms with Crippen molar-refractivity contribution >= 4 is 21.7 Å². The van der Waals surface area contributed by atoms with Gasteiger partial charge in [0.15, 0.2) is 0 Å². The minimum atomic E-state index is -0.270. The molecule has 16 heavy (non-hydrogen) atoms. The third kappa shape index (κ3) is 1.23. The Kier molecular flexibility index (Phi) is 1.83. The van der Waals surface area contributed by atoms with Crippen LogP contribution in [0.4, 0.5) is 0 Å². The molecular formula is C14H10O2. The normalized spacial score (nSPS) is 11.1. The Morgan fingerprint density at radius 1 is 0.938 bits per heavy atom. The second-order valence-electron chi connectivity index (χ2n) is 3.93. The van der Waals surface area contributed by atoms with Crippen LogP contribution in [0.5, 0.6) is 0 Å². The SMILES string of the molecule is Cc1ccc2c(c1)oc(=O)c1ccccc12. The predicted octanol–water partition coefficient (Wildman–Crippen LogP) is 3.25. The molecular weight excluding hydrogens is 200 g/mol. The van der Waals surface area contributed by atoms with Crippen molar-refractivity contribution in [2.24, 2.45) is 0 Å². The van der Waals surface area contributed by atoms with Gasteiger partial charge in [-0.25, -0.2) is 4.79 Å². The highest BCUT2D eigenvalue weighted by molar-refractivity contribution is 6.04. The van der Waals surface area contributed by atoms with Crippen LogP contribution >= 0.6 is 0 Å². The highest BCUT2D eigenvalue weighted by Crippen LogP contribution is 2.23. The van der Waals surface area contributed by atoms with Crippen LogP contribution in [0.25, 0.3) is 21.7 Å². The van der Waals surface area contributed by atoms with Gasteiger partial charge in [0.1, 0.15) is 5.58 Å². The lowest BCUT2D eigenvalue weighted by Crippen LogP contribution is -1.99. The lowest BCUT2D eigenvalue weighted by atomic mass is 10.1. The number of benzene rings is 2. The molecule has 0 aliphatic carbocycles. The van der Waals surface area contributed by atoms with Gasteiger partial charge in [0.05, 0.1) is 5.39 Å². The highest BCUT2D eigenvalue weighted by Gasteiger charge is 2.05. The molecule has 0 saturated carbocycles. The molecule has 0 aliphatic rings. The van der Waals surface area contributed by atoms with E-state index in [4.69, 9.17) is 4.42 Å². The van der Waals surface area contributed by atoms with Crippen molar-refractivity contribution < 1.29 is 4.42 Å². The van der Waals surface area contributed by atoms with Crippen LogP contribution in [0.1, 0.15) is 5.56 Å². The minimum Gasteiger partial charge on any atom is -0.422 e. The molecule has 3 aromatic rings. The summed E-state index contributed by atoms with van der Waals surface area (Å²) in [5.74, 6) is 0. The number of rotatable bonds is 0. The summed E-state index contributed by atoms with van der Waals surface area (Å²) in [6.07, 6.45) is 0. The van der Waals surface area contributed by atoms with Gasteiger partial charge in [0, 0.05) is 5.39 Å². The van der Waals surface area contributed by atoms with E-state index in [1.54, 1.807) is 6.07 Å². The fourth-order valence-electron chi connectivity index (χ4n) is 1.99. The molecule has 0 radical (unpaired) electrons. The molecule has 0 saturated heterocycles. The van der Waals surface area contributed by atoms with Crippen molar-refractivity contribution in [3.8, 4) is 0 Å². The second kappa shape index (κ2) is 3.20. The van der Waals surface area contributed by atoms with Crippen molar-refractivity contribution in [3.63, 3.8) is 0 Å². The molecule has 0 aliphatic heterocycles. The van der Waals surface area contributed by atoms with Crippen LogP contribution in [0, 0.1) is 6.92 Å². The van der Waals surface area contributed by atoms with Crippen LogP contribution in [0.2, 0.25) is 0 Å². The quantitative estimate of drug-likeness (QED) is 0.421. The molecule has 1 aromatic heterocycles. The summed E-state index contributed by atoms with van der Waals surface area (Å²) in [4.78, 5) is 11.7. The highest BCUT2D eigenvalue weighted by atomic mass is 16.4. The Morgan fingerprint density at radius 3 is 2.50 bits per heavy atom. The van der Waals surface area contributed by atoms with E-state index in [-0.39, 0.29) is 5.63 Å². The lowest BCUT2D eigenvalue weighted by molar-refractivity contribution is 0.569. The Morgan fingerprint density at radius 2 is 1.69 bits per heavy atom. The zero-order valence-corrected chi connectivity index (χ0v) is 8.86. The van der Waals surface area contributed by atoms with E-state index in [1.807, 2.05) is 43.3 Å². The monoisotopic (exact) mass is 210 g/mol. The first-order valence-corrected chi connectivity index (χ1v) is 5.18. The van der Waals surface area contributed by atoms with Crippen LogP contribution in [-0.4, -0.2) is 0 Å². The van der Waals surface area contributed by atoms with E-state index in [0.29, 0.717) is 11.0 Å². The van der Waals surface area contributed by atoms with Gasteiger partial charge >= 0.3 is 5.63 Å². The van der Waals surface area contributed by atoms with Crippen LogP contribution in [-0.2, 0) is 0 Å². The first-order valence-electron chi connectivity index (χ1n) is 5.18. The number of aryl methyl sites for hydroxylation is 1. The van der Waals surface area contributed by atoms with Crippen molar-refractivity contribution in [2.75, 3.05) is 0 Å². The molecule has 0 fully saturated rings. The van der Waals surface area contributed by atoms with Crippen molar-refractivity contribution in [3.05, 3.63) is 58.4 Å². The van der Waals surface area contributed by atoms with Gasteiger partial charge in [-0.05, 0) is 30.0 Å². The lowest BCUT2D eigenvalue weighted by Gasteiger charge is -2.02. The van der Waals surface area contributed by atoms with E-state index in [9.17, 15) is 4.79 Å². The molecule has 3 rings (SSSR count). The largest absolute Gasteiger partial charge is 0.422 e. The first-order chi connectivity index (χ1) is 7.75. The molecule has 2 nitrogen and oxygen atoms in total. The summed E-state index contributed by atoms with van der Waals surface area (Å²) in [7, 11) is 0. The van der Waals surface area contributed by atoms with E-state index in [1.165, 1.54) is 0 Å². The Labute approximate surface area is 92.1 Å². The third-order valence-electron chi connectivity index (χ3n) is 2.78. The molecule has 0 atom stereocenters. The molecule has 2 heteroatoms. The Balaban J connectivity index is 2.64. The predicted molar refractivity (Wildman–Crippen MR) is 64.7 cm³/mol.